The van der Waals surface area contributed by atoms with Gasteiger partial charge in [-0.15, -0.1) is 0 Å². The number of aliphatic hydroxyl groups excluding tert-OH is 1. The van der Waals surface area contributed by atoms with Crippen LogP contribution >= 0.6 is 15.9 Å². The molecular weight excluding hydrogens is 325 g/mol. The highest BCUT2D eigenvalue weighted by Gasteiger charge is 2.35. The van der Waals surface area contributed by atoms with Crippen molar-refractivity contribution in [3.8, 4) is 0 Å². The lowest BCUT2D eigenvalue weighted by Gasteiger charge is -2.38. The van der Waals surface area contributed by atoms with Crippen LogP contribution in [-0.4, -0.2) is 23.2 Å². The first-order valence-corrected chi connectivity index (χ1v) is 7.64. The third-order valence-electron chi connectivity index (χ3n) is 4.11. The highest BCUT2D eigenvalue weighted by Crippen LogP contribution is 2.32. The van der Waals surface area contributed by atoms with Crippen LogP contribution in [-0.2, 0) is 0 Å². The molecular formula is C15H19BrFNO2. The number of benzene rings is 1. The number of halogens is 2. The first-order chi connectivity index (χ1) is 9.47. The van der Waals surface area contributed by atoms with Crippen molar-refractivity contribution < 1.29 is 14.3 Å². The molecule has 1 saturated carbocycles. The summed E-state index contributed by atoms with van der Waals surface area (Å²) in [6, 6.07) is 4.37. The Morgan fingerprint density at radius 2 is 2.15 bits per heavy atom. The minimum atomic E-state index is -0.574. The SMILES string of the molecule is CC1CCC(CO)(NC(=O)c2cccc(F)c2Br)CC1. The van der Waals surface area contributed by atoms with Crippen molar-refractivity contribution in [1.82, 2.24) is 5.32 Å². The van der Waals surface area contributed by atoms with Crippen molar-refractivity contribution in [2.45, 2.75) is 38.1 Å². The van der Waals surface area contributed by atoms with Crippen LogP contribution in [0.25, 0.3) is 0 Å². The van der Waals surface area contributed by atoms with Gasteiger partial charge in [0.05, 0.1) is 22.2 Å². The lowest BCUT2D eigenvalue weighted by Crippen LogP contribution is -2.53. The maximum absolute atomic E-state index is 13.5. The standard InChI is InChI=1S/C15H19BrFNO2/c1-10-5-7-15(9-19,8-6-10)18-14(20)11-3-2-4-12(17)13(11)16/h2-4,10,19H,5-9H2,1H3,(H,18,20). The average molecular weight is 344 g/mol. The lowest BCUT2D eigenvalue weighted by molar-refractivity contribution is 0.0716. The Morgan fingerprint density at radius 1 is 1.50 bits per heavy atom. The van der Waals surface area contributed by atoms with Crippen LogP contribution in [0, 0.1) is 11.7 Å². The molecule has 1 aliphatic rings. The Balaban J connectivity index is 2.15. The van der Waals surface area contributed by atoms with Crippen LogP contribution in [0.5, 0.6) is 0 Å². The van der Waals surface area contributed by atoms with Gasteiger partial charge in [0, 0.05) is 0 Å². The van der Waals surface area contributed by atoms with E-state index in [9.17, 15) is 14.3 Å². The van der Waals surface area contributed by atoms with Gasteiger partial charge in [-0.25, -0.2) is 4.39 Å². The molecule has 0 aromatic heterocycles. The van der Waals surface area contributed by atoms with Gasteiger partial charge < -0.3 is 10.4 Å². The van der Waals surface area contributed by atoms with E-state index in [0.29, 0.717) is 5.92 Å². The summed E-state index contributed by atoms with van der Waals surface area (Å²) in [7, 11) is 0. The van der Waals surface area contributed by atoms with E-state index in [0.717, 1.165) is 25.7 Å². The summed E-state index contributed by atoms with van der Waals surface area (Å²) in [5.74, 6) is -0.194. The number of carbonyl (C=O) groups is 1. The van der Waals surface area contributed by atoms with Gasteiger partial charge in [-0.2, -0.15) is 0 Å². The molecule has 1 aliphatic carbocycles. The minimum Gasteiger partial charge on any atom is -0.394 e. The van der Waals surface area contributed by atoms with E-state index in [-0.39, 0.29) is 22.6 Å². The van der Waals surface area contributed by atoms with E-state index < -0.39 is 11.4 Å². The Hall–Kier alpha value is -0.940. The molecule has 1 aromatic carbocycles. The molecule has 0 spiro atoms. The summed E-state index contributed by atoms with van der Waals surface area (Å²) in [6.45, 7) is 2.09. The minimum absolute atomic E-state index is 0.0849. The van der Waals surface area contributed by atoms with E-state index in [1.165, 1.54) is 12.1 Å². The van der Waals surface area contributed by atoms with Gasteiger partial charge >= 0.3 is 0 Å². The van der Waals surface area contributed by atoms with Gasteiger partial charge in [-0.1, -0.05) is 13.0 Å². The van der Waals surface area contributed by atoms with Crippen LogP contribution in [0.4, 0.5) is 4.39 Å². The molecule has 0 atom stereocenters. The Labute approximate surface area is 126 Å². The quantitative estimate of drug-likeness (QED) is 0.884. The largest absolute Gasteiger partial charge is 0.394 e. The molecule has 1 aromatic rings. The van der Waals surface area contributed by atoms with Crippen LogP contribution in [0.3, 0.4) is 0 Å². The topological polar surface area (TPSA) is 49.3 Å². The van der Waals surface area contributed by atoms with Crippen molar-refractivity contribution in [3.05, 3.63) is 34.1 Å². The third-order valence-corrected chi connectivity index (χ3v) is 4.91. The maximum atomic E-state index is 13.5. The second-order valence-electron chi connectivity index (χ2n) is 5.68. The molecule has 0 aliphatic heterocycles. The predicted octanol–water partition coefficient (Wildman–Crippen LogP) is 3.26. The maximum Gasteiger partial charge on any atom is 0.253 e. The van der Waals surface area contributed by atoms with E-state index >= 15 is 0 Å². The van der Waals surface area contributed by atoms with Gasteiger partial charge in [-0.05, 0) is 59.7 Å². The Kier molecular flexibility index (Phi) is 4.81. The second kappa shape index (κ2) is 6.22. The molecule has 0 unspecified atom stereocenters. The molecule has 2 rings (SSSR count). The Morgan fingerprint density at radius 3 is 2.75 bits per heavy atom. The fourth-order valence-corrected chi connectivity index (χ4v) is 3.07. The molecule has 0 bridgehead atoms. The number of amides is 1. The summed E-state index contributed by atoms with van der Waals surface area (Å²) in [5.41, 5.74) is -0.313. The highest BCUT2D eigenvalue weighted by atomic mass is 79.9. The fraction of sp³-hybridized carbons (Fsp3) is 0.533. The smallest absolute Gasteiger partial charge is 0.253 e. The van der Waals surface area contributed by atoms with Gasteiger partial charge in [0.2, 0.25) is 0 Å². The zero-order valence-corrected chi connectivity index (χ0v) is 13.0. The molecule has 0 saturated heterocycles. The Bertz CT molecular complexity index is 499. The summed E-state index contributed by atoms with van der Waals surface area (Å²) in [5, 5.41) is 12.5. The normalized spacial score (nSPS) is 26.3. The molecule has 0 heterocycles. The second-order valence-corrected chi connectivity index (χ2v) is 6.47. The summed E-state index contributed by atoms with van der Waals surface area (Å²) < 4.78 is 13.6. The third kappa shape index (κ3) is 3.20. The molecule has 20 heavy (non-hydrogen) atoms. The van der Waals surface area contributed by atoms with Crippen LogP contribution < -0.4 is 5.32 Å². The molecule has 1 fully saturated rings. The molecule has 1 amide bonds. The molecule has 3 nitrogen and oxygen atoms in total. The first-order valence-electron chi connectivity index (χ1n) is 6.85. The number of hydrogen-bond acceptors (Lipinski definition) is 2. The summed E-state index contributed by atoms with van der Waals surface area (Å²) >= 11 is 3.10. The number of aliphatic hydroxyl groups is 1. The summed E-state index contributed by atoms with van der Waals surface area (Å²) in [6.07, 6.45) is 3.46. The number of nitrogens with one attached hydrogen (secondary N) is 1. The fourth-order valence-electron chi connectivity index (χ4n) is 2.62. The van der Waals surface area contributed by atoms with Crippen molar-refractivity contribution in [1.29, 1.82) is 0 Å². The number of rotatable bonds is 3. The highest BCUT2D eigenvalue weighted by molar-refractivity contribution is 9.10. The first kappa shape index (κ1) is 15.4. The summed E-state index contributed by atoms with van der Waals surface area (Å²) in [4.78, 5) is 12.3. The lowest BCUT2D eigenvalue weighted by atomic mass is 9.77. The molecule has 110 valence electrons. The van der Waals surface area contributed by atoms with Crippen molar-refractivity contribution in [2.24, 2.45) is 5.92 Å². The van der Waals surface area contributed by atoms with E-state index in [1.54, 1.807) is 6.07 Å². The van der Waals surface area contributed by atoms with E-state index in [2.05, 4.69) is 28.2 Å². The monoisotopic (exact) mass is 343 g/mol. The number of hydrogen-bond donors (Lipinski definition) is 2. The number of carbonyl (C=O) groups excluding carboxylic acids is 1. The van der Waals surface area contributed by atoms with Gasteiger partial charge in [0.1, 0.15) is 5.82 Å². The van der Waals surface area contributed by atoms with Crippen molar-refractivity contribution in [2.75, 3.05) is 6.61 Å². The van der Waals surface area contributed by atoms with Crippen molar-refractivity contribution >= 4 is 21.8 Å². The van der Waals surface area contributed by atoms with Crippen molar-refractivity contribution in [3.63, 3.8) is 0 Å². The van der Waals surface area contributed by atoms with E-state index in [4.69, 9.17) is 0 Å². The van der Waals surface area contributed by atoms with Gasteiger partial charge in [0.25, 0.3) is 5.91 Å². The zero-order chi connectivity index (χ0) is 14.8. The van der Waals surface area contributed by atoms with E-state index in [1.807, 2.05) is 0 Å². The molecule has 0 radical (unpaired) electrons. The molecule has 2 N–H and O–H groups in total. The van der Waals surface area contributed by atoms with Crippen LogP contribution in [0.15, 0.2) is 22.7 Å². The average Bonchev–Trinajstić information content (AvgIpc) is 2.44. The predicted molar refractivity (Wildman–Crippen MR) is 79.0 cm³/mol. The molecule has 5 heteroatoms. The van der Waals surface area contributed by atoms with Gasteiger partial charge in [0.15, 0.2) is 0 Å². The zero-order valence-electron chi connectivity index (χ0n) is 11.5. The van der Waals surface area contributed by atoms with Crippen LogP contribution in [0.2, 0.25) is 0 Å². The van der Waals surface area contributed by atoms with Crippen LogP contribution in [0.1, 0.15) is 43.0 Å². The van der Waals surface area contributed by atoms with Gasteiger partial charge in [-0.3, -0.25) is 4.79 Å².